The van der Waals surface area contributed by atoms with Gasteiger partial charge in [-0.25, -0.2) is 0 Å². The van der Waals surface area contributed by atoms with Gasteiger partial charge in [-0.1, -0.05) is 48.5 Å². The van der Waals surface area contributed by atoms with E-state index in [-0.39, 0.29) is 6.10 Å². The Morgan fingerprint density at radius 2 is 1.68 bits per heavy atom. The molecule has 0 saturated carbocycles. The van der Waals surface area contributed by atoms with Gasteiger partial charge in [0.2, 0.25) is 0 Å². The SMILES string of the molecule is OC(CCc1ccccc1)c1csc2ccccc12. The fraction of sp³-hybridized carbons (Fsp3) is 0.176. The van der Waals surface area contributed by atoms with Gasteiger partial charge < -0.3 is 5.11 Å². The molecule has 3 aromatic rings. The molecule has 2 heteroatoms. The number of aryl methyl sites for hydroxylation is 1. The second-order valence-electron chi connectivity index (χ2n) is 4.73. The molecule has 2 aromatic carbocycles. The number of aliphatic hydroxyl groups excluding tert-OH is 1. The van der Waals surface area contributed by atoms with E-state index >= 15 is 0 Å². The number of thiophene rings is 1. The molecule has 0 fully saturated rings. The topological polar surface area (TPSA) is 20.2 Å². The van der Waals surface area contributed by atoms with E-state index in [0.29, 0.717) is 0 Å². The van der Waals surface area contributed by atoms with Crippen LogP contribution in [0.2, 0.25) is 0 Å². The normalized spacial score (nSPS) is 12.7. The molecule has 19 heavy (non-hydrogen) atoms. The highest BCUT2D eigenvalue weighted by molar-refractivity contribution is 7.17. The molecule has 1 nitrogen and oxygen atoms in total. The van der Waals surface area contributed by atoms with Crippen LogP contribution in [0.3, 0.4) is 0 Å². The van der Waals surface area contributed by atoms with Gasteiger partial charge >= 0.3 is 0 Å². The van der Waals surface area contributed by atoms with Crippen LogP contribution >= 0.6 is 11.3 Å². The average molecular weight is 268 g/mol. The van der Waals surface area contributed by atoms with Gasteiger partial charge in [-0.2, -0.15) is 0 Å². The first-order valence-electron chi connectivity index (χ1n) is 6.53. The van der Waals surface area contributed by atoms with Crippen LogP contribution in [-0.2, 0) is 6.42 Å². The zero-order valence-electron chi connectivity index (χ0n) is 10.6. The molecule has 0 aliphatic rings. The van der Waals surface area contributed by atoms with Gasteiger partial charge in [-0.05, 0) is 40.8 Å². The standard InChI is InChI=1S/C17H16OS/c18-16(11-10-13-6-2-1-3-7-13)15-12-19-17-9-5-4-8-14(15)17/h1-9,12,16,18H,10-11H2. The van der Waals surface area contributed by atoms with E-state index in [4.69, 9.17) is 0 Å². The highest BCUT2D eigenvalue weighted by atomic mass is 32.1. The largest absolute Gasteiger partial charge is 0.388 e. The average Bonchev–Trinajstić information content (AvgIpc) is 2.90. The minimum absolute atomic E-state index is 0.378. The van der Waals surface area contributed by atoms with Crippen molar-refractivity contribution in [3.8, 4) is 0 Å². The summed E-state index contributed by atoms with van der Waals surface area (Å²) in [5.41, 5.74) is 2.35. The lowest BCUT2D eigenvalue weighted by molar-refractivity contribution is 0.170. The number of benzene rings is 2. The summed E-state index contributed by atoms with van der Waals surface area (Å²) in [6.07, 6.45) is 1.30. The molecule has 3 rings (SSSR count). The van der Waals surface area contributed by atoms with Crippen molar-refractivity contribution in [1.82, 2.24) is 0 Å². The maximum absolute atomic E-state index is 10.4. The number of hydrogen-bond donors (Lipinski definition) is 1. The Bertz CT molecular complexity index is 657. The van der Waals surface area contributed by atoms with Crippen LogP contribution in [0.15, 0.2) is 60.0 Å². The van der Waals surface area contributed by atoms with E-state index in [1.807, 2.05) is 30.3 Å². The molecular weight excluding hydrogens is 252 g/mol. The lowest BCUT2D eigenvalue weighted by Crippen LogP contribution is -1.98. The van der Waals surface area contributed by atoms with Gasteiger partial charge in [-0.15, -0.1) is 11.3 Å². The molecular formula is C17H16OS. The molecule has 1 unspecified atom stereocenters. The summed E-state index contributed by atoms with van der Waals surface area (Å²) in [5, 5.41) is 13.6. The summed E-state index contributed by atoms with van der Waals surface area (Å²) >= 11 is 1.70. The summed E-state index contributed by atoms with van der Waals surface area (Å²) in [4.78, 5) is 0. The Morgan fingerprint density at radius 3 is 2.53 bits per heavy atom. The molecule has 0 aliphatic heterocycles. The Morgan fingerprint density at radius 1 is 0.947 bits per heavy atom. The fourth-order valence-electron chi connectivity index (χ4n) is 2.36. The number of aliphatic hydroxyl groups is 1. The van der Waals surface area contributed by atoms with Crippen molar-refractivity contribution in [1.29, 1.82) is 0 Å². The molecule has 0 bridgehead atoms. The highest BCUT2D eigenvalue weighted by Gasteiger charge is 2.12. The van der Waals surface area contributed by atoms with Crippen molar-refractivity contribution in [2.45, 2.75) is 18.9 Å². The van der Waals surface area contributed by atoms with Gasteiger partial charge in [0.15, 0.2) is 0 Å². The minimum Gasteiger partial charge on any atom is -0.388 e. The predicted molar refractivity (Wildman–Crippen MR) is 81.5 cm³/mol. The fourth-order valence-corrected chi connectivity index (χ4v) is 3.37. The smallest absolute Gasteiger partial charge is 0.0807 e. The molecule has 1 heterocycles. The maximum atomic E-state index is 10.4. The van der Waals surface area contributed by atoms with Crippen LogP contribution in [0.4, 0.5) is 0 Å². The van der Waals surface area contributed by atoms with E-state index in [9.17, 15) is 5.11 Å². The summed E-state index contributed by atoms with van der Waals surface area (Å²) in [7, 11) is 0. The van der Waals surface area contributed by atoms with E-state index in [2.05, 4.69) is 29.6 Å². The molecule has 0 spiro atoms. The third-order valence-corrected chi connectivity index (χ3v) is 4.40. The monoisotopic (exact) mass is 268 g/mol. The molecule has 1 N–H and O–H groups in total. The second kappa shape index (κ2) is 5.55. The van der Waals surface area contributed by atoms with Crippen LogP contribution in [0.1, 0.15) is 23.7 Å². The van der Waals surface area contributed by atoms with Crippen LogP contribution in [-0.4, -0.2) is 5.11 Å². The van der Waals surface area contributed by atoms with Crippen molar-refractivity contribution >= 4 is 21.4 Å². The van der Waals surface area contributed by atoms with Crippen LogP contribution in [0, 0.1) is 0 Å². The molecule has 0 amide bonds. The predicted octanol–water partition coefficient (Wildman–Crippen LogP) is 4.57. The van der Waals surface area contributed by atoms with Gasteiger partial charge in [0.05, 0.1) is 6.10 Å². The molecule has 1 aromatic heterocycles. The lowest BCUT2D eigenvalue weighted by atomic mass is 10.0. The summed E-state index contributed by atoms with van der Waals surface area (Å²) < 4.78 is 1.25. The number of hydrogen-bond acceptors (Lipinski definition) is 2. The van der Waals surface area contributed by atoms with Gasteiger partial charge in [0.25, 0.3) is 0 Å². The third-order valence-electron chi connectivity index (χ3n) is 3.42. The number of rotatable bonds is 4. The van der Waals surface area contributed by atoms with E-state index in [1.165, 1.54) is 15.6 Å². The Labute approximate surface area is 117 Å². The number of fused-ring (bicyclic) bond motifs is 1. The quantitative estimate of drug-likeness (QED) is 0.735. The van der Waals surface area contributed by atoms with Crippen LogP contribution in [0.5, 0.6) is 0 Å². The van der Waals surface area contributed by atoms with Gasteiger partial charge in [-0.3, -0.25) is 0 Å². The van der Waals surface area contributed by atoms with E-state index in [1.54, 1.807) is 11.3 Å². The lowest BCUT2D eigenvalue weighted by Gasteiger charge is -2.10. The zero-order valence-corrected chi connectivity index (χ0v) is 11.4. The van der Waals surface area contributed by atoms with E-state index in [0.717, 1.165) is 18.4 Å². The second-order valence-corrected chi connectivity index (χ2v) is 5.64. The summed E-state index contributed by atoms with van der Waals surface area (Å²) in [5.74, 6) is 0. The van der Waals surface area contributed by atoms with Crippen LogP contribution < -0.4 is 0 Å². The summed E-state index contributed by atoms with van der Waals surface area (Å²) in [6.45, 7) is 0. The maximum Gasteiger partial charge on any atom is 0.0807 e. The van der Waals surface area contributed by atoms with Gasteiger partial charge in [0.1, 0.15) is 0 Å². The van der Waals surface area contributed by atoms with Crippen molar-refractivity contribution in [3.05, 3.63) is 71.1 Å². The van der Waals surface area contributed by atoms with E-state index < -0.39 is 0 Å². The van der Waals surface area contributed by atoms with Crippen molar-refractivity contribution in [2.24, 2.45) is 0 Å². The van der Waals surface area contributed by atoms with Crippen molar-refractivity contribution in [2.75, 3.05) is 0 Å². The first-order chi connectivity index (χ1) is 9.34. The third kappa shape index (κ3) is 2.70. The zero-order chi connectivity index (χ0) is 13.1. The molecule has 1 atom stereocenters. The molecule has 0 radical (unpaired) electrons. The molecule has 96 valence electrons. The Hall–Kier alpha value is -1.64. The molecule has 0 saturated heterocycles. The highest BCUT2D eigenvalue weighted by Crippen LogP contribution is 2.32. The Kier molecular flexibility index (Phi) is 3.62. The van der Waals surface area contributed by atoms with Crippen molar-refractivity contribution < 1.29 is 5.11 Å². The molecule has 0 aliphatic carbocycles. The Balaban J connectivity index is 1.75. The summed E-state index contributed by atoms with van der Waals surface area (Å²) in [6, 6.07) is 18.6. The van der Waals surface area contributed by atoms with Crippen LogP contribution in [0.25, 0.3) is 10.1 Å². The first kappa shape index (κ1) is 12.4. The minimum atomic E-state index is -0.378. The first-order valence-corrected chi connectivity index (χ1v) is 7.40. The van der Waals surface area contributed by atoms with Gasteiger partial charge in [0, 0.05) is 4.70 Å². The van der Waals surface area contributed by atoms with Crippen molar-refractivity contribution in [3.63, 3.8) is 0 Å².